The maximum atomic E-state index is 12.2. The molecule has 0 saturated carbocycles. The standard InChI is InChI=1S/C13H25N3O3S/c1-5-15(10-12(2)3)13(17)11-14-6-8-16(9-7-14)20(4,18)19/h2,5-11H2,1,3-4H3. The highest BCUT2D eigenvalue weighted by molar-refractivity contribution is 7.88. The maximum absolute atomic E-state index is 12.2. The van der Waals surface area contributed by atoms with E-state index in [2.05, 4.69) is 6.58 Å². The summed E-state index contributed by atoms with van der Waals surface area (Å²) in [6, 6.07) is 0. The van der Waals surface area contributed by atoms with E-state index in [1.165, 1.54) is 10.6 Å². The third-order valence-corrected chi connectivity index (χ3v) is 4.66. The van der Waals surface area contributed by atoms with Gasteiger partial charge in [0.05, 0.1) is 12.8 Å². The molecule has 20 heavy (non-hydrogen) atoms. The molecule has 1 amide bonds. The molecule has 1 aliphatic rings. The lowest BCUT2D eigenvalue weighted by Crippen LogP contribution is -2.51. The molecular formula is C13H25N3O3S. The van der Waals surface area contributed by atoms with Gasteiger partial charge < -0.3 is 4.90 Å². The average molecular weight is 303 g/mol. The van der Waals surface area contributed by atoms with E-state index in [0.29, 0.717) is 45.8 Å². The molecule has 0 aliphatic carbocycles. The number of sulfonamides is 1. The molecule has 116 valence electrons. The fraction of sp³-hybridized carbons (Fsp3) is 0.769. The quantitative estimate of drug-likeness (QED) is 0.648. The number of rotatable bonds is 6. The van der Waals surface area contributed by atoms with Gasteiger partial charge in [0.25, 0.3) is 0 Å². The van der Waals surface area contributed by atoms with Crippen LogP contribution < -0.4 is 0 Å². The molecule has 6 nitrogen and oxygen atoms in total. The van der Waals surface area contributed by atoms with Crippen LogP contribution in [0.2, 0.25) is 0 Å². The van der Waals surface area contributed by atoms with Crippen LogP contribution in [0.4, 0.5) is 0 Å². The lowest BCUT2D eigenvalue weighted by molar-refractivity contribution is -0.132. The largest absolute Gasteiger partial charge is 0.338 e. The molecule has 1 saturated heterocycles. The van der Waals surface area contributed by atoms with E-state index < -0.39 is 10.0 Å². The Labute approximate surface area is 122 Å². The van der Waals surface area contributed by atoms with E-state index >= 15 is 0 Å². The molecule has 0 aromatic carbocycles. The molecule has 0 aromatic heterocycles. The zero-order chi connectivity index (χ0) is 15.3. The van der Waals surface area contributed by atoms with Crippen molar-refractivity contribution in [1.29, 1.82) is 0 Å². The zero-order valence-corrected chi connectivity index (χ0v) is 13.4. The molecule has 1 heterocycles. The van der Waals surface area contributed by atoms with Crippen molar-refractivity contribution >= 4 is 15.9 Å². The first kappa shape index (κ1) is 17.1. The highest BCUT2D eigenvalue weighted by Crippen LogP contribution is 2.07. The van der Waals surface area contributed by atoms with E-state index in [1.54, 1.807) is 4.90 Å². The Morgan fingerprint density at radius 2 is 1.80 bits per heavy atom. The van der Waals surface area contributed by atoms with Gasteiger partial charge in [-0.05, 0) is 13.8 Å². The molecule has 0 spiro atoms. The molecule has 1 fully saturated rings. The number of piperazine rings is 1. The van der Waals surface area contributed by atoms with Gasteiger partial charge in [0.2, 0.25) is 15.9 Å². The third kappa shape index (κ3) is 5.22. The number of likely N-dealkylation sites (N-methyl/N-ethyl adjacent to an activating group) is 1. The van der Waals surface area contributed by atoms with Crippen molar-refractivity contribution in [3.63, 3.8) is 0 Å². The molecule has 0 aromatic rings. The molecule has 1 rings (SSSR count). The molecule has 0 radical (unpaired) electrons. The maximum Gasteiger partial charge on any atom is 0.237 e. The Balaban J connectivity index is 2.47. The first-order chi connectivity index (χ1) is 9.24. The monoisotopic (exact) mass is 303 g/mol. The highest BCUT2D eigenvalue weighted by atomic mass is 32.2. The minimum absolute atomic E-state index is 0.0725. The van der Waals surface area contributed by atoms with Gasteiger partial charge >= 0.3 is 0 Å². The molecular weight excluding hydrogens is 278 g/mol. The lowest BCUT2D eigenvalue weighted by Gasteiger charge is -2.34. The van der Waals surface area contributed by atoms with Crippen molar-refractivity contribution < 1.29 is 13.2 Å². The van der Waals surface area contributed by atoms with Gasteiger partial charge in [0.1, 0.15) is 0 Å². The predicted octanol–water partition coefficient (Wildman–Crippen LogP) is -0.0118. The summed E-state index contributed by atoms with van der Waals surface area (Å²) in [6.07, 6.45) is 1.22. The average Bonchev–Trinajstić information content (AvgIpc) is 2.35. The fourth-order valence-electron chi connectivity index (χ4n) is 2.21. The van der Waals surface area contributed by atoms with Crippen LogP contribution >= 0.6 is 0 Å². The van der Waals surface area contributed by atoms with Crippen LogP contribution in [-0.4, -0.2) is 80.5 Å². The number of carbonyl (C=O) groups is 1. The molecule has 0 atom stereocenters. The molecule has 7 heteroatoms. The van der Waals surface area contributed by atoms with Crippen molar-refractivity contribution in [2.75, 3.05) is 52.1 Å². The third-order valence-electron chi connectivity index (χ3n) is 3.35. The summed E-state index contributed by atoms with van der Waals surface area (Å²) >= 11 is 0. The summed E-state index contributed by atoms with van der Waals surface area (Å²) in [5.74, 6) is 0.0725. The number of carbonyl (C=O) groups excluding carboxylic acids is 1. The number of nitrogens with zero attached hydrogens (tertiary/aromatic N) is 3. The first-order valence-electron chi connectivity index (χ1n) is 6.83. The van der Waals surface area contributed by atoms with Crippen LogP contribution in [0, 0.1) is 0 Å². The van der Waals surface area contributed by atoms with Crippen LogP contribution in [-0.2, 0) is 14.8 Å². The van der Waals surface area contributed by atoms with E-state index in [-0.39, 0.29) is 5.91 Å². The summed E-state index contributed by atoms with van der Waals surface area (Å²) in [4.78, 5) is 15.9. The minimum Gasteiger partial charge on any atom is -0.338 e. The van der Waals surface area contributed by atoms with Gasteiger partial charge in [-0.15, -0.1) is 0 Å². The van der Waals surface area contributed by atoms with Crippen molar-refractivity contribution in [3.05, 3.63) is 12.2 Å². The Bertz CT molecular complexity index is 453. The van der Waals surface area contributed by atoms with Crippen molar-refractivity contribution in [1.82, 2.24) is 14.1 Å². The summed E-state index contributed by atoms with van der Waals surface area (Å²) in [5.41, 5.74) is 0.960. The van der Waals surface area contributed by atoms with Crippen LogP contribution in [0.25, 0.3) is 0 Å². The Morgan fingerprint density at radius 3 is 2.20 bits per heavy atom. The normalized spacial score (nSPS) is 17.9. The van der Waals surface area contributed by atoms with Crippen molar-refractivity contribution in [2.45, 2.75) is 13.8 Å². The summed E-state index contributed by atoms with van der Waals surface area (Å²) in [6.45, 7) is 11.4. The number of amides is 1. The Morgan fingerprint density at radius 1 is 1.25 bits per heavy atom. The highest BCUT2D eigenvalue weighted by Gasteiger charge is 2.25. The van der Waals surface area contributed by atoms with E-state index in [9.17, 15) is 13.2 Å². The molecule has 0 N–H and O–H groups in total. The van der Waals surface area contributed by atoms with Crippen LogP contribution in [0.5, 0.6) is 0 Å². The molecule has 1 aliphatic heterocycles. The van der Waals surface area contributed by atoms with E-state index in [1.807, 2.05) is 18.7 Å². The van der Waals surface area contributed by atoms with Gasteiger partial charge in [0.15, 0.2) is 0 Å². The predicted molar refractivity (Wildman–Crippen MR) is 79.9 cm³/mol. The van der Waals surface area contributed by atoms with Crippen LogP contribution in [0.3, 0.4) is 0 Å². The zero-order valence-electron chi connectivity index (χ0n) is 12.6. The minimum atomic E-state index is -3.11. The Kier molecular flexibility index (Phi) is 6.16. The van der Waals surface area contributed by atoms with Gasteiger partial charge in [-0.25, -0.2) is 8.42 Å². The summed E-state index contributed by atoms with van der Waals surface area (Å²) < 4.78 is 24.3. The van der Waals surface area contributed by atoms with Gasteiger partial charge in [-0.1, -0.05) is 12.2 Å². The van der Waals surface area contributed by atoms with E-state index in [4.69, 9.17) is 0 Å². The van der Waals surface area contributed by atoms with Gasteiger partial charge in [-0.3, -0.25) is 9.69 Å². The second-order valence-corrected chi connectivity index (χ2v) is 7.29. The topological polar surface area (TPSA) is 60.9 Å². The fourth-order valence-corrected chi connectivity index (χ4v) is 3.04. The number of hydrogen-bond acceptors (Lipinski definition) is 4. The van der Waals surface area contributed by atoms with E-state index in [0.717, 1.165) is 5.57 Å². The van der Waals surface area contributed by atoms with Crippen LogP contribution in [0.1, 0.15) is 13.8 Å². The lowest BCUT2D eigenvalue weighted by atomic mass is 10.3. The second-order valence-electron chi connectivity index (χ2n) is 5.30. The van der Waals surface area contributed by atoms with Gasteiger partial charge in [-0.2, -0.15) is 4.31 Å². The second kappa shape index (κ2) is 7.19. The van der Waals surface area contributed by atoms with Crippen molar-refractivity contribution in [2.24, 2.45) is 0 Å². The molecule has 0 unspecified atom stereocenters. The van der Waals surface area contributed by atoms with Crippen molar-refractivity contribution in [3.8, 4) is 0 Å². The number of hydrogen-bond donors (Lipinski definition) is 0. The Hall–Kier alpha value is -0.920. The van der Waals surface area contributed by atoms with Gasteiger partial charge in [0, 0.05) is 39.3 Å². The van der Waals surface area contributed by atoms with Crippen LogP contribution in [0.15, 0.2) is 12.2 Å². The summed E-state index contributed by atoms with van der Waals surface area (Å²) in [7, 11) is -3.11. The molecule has 0 bridgehead atoms. The smallest absolute Gasteiger partial charge is 0.237 e. The SMILES string of the molecule is C=C(C)CN(CC)C(=O)CN1CCN(S(C)(=O)=O)CC1. The summed E-state index contributed by atoms with van der Waals surface area (Å²) in [5, 5.41) is 0. The first-order valence-corrected chi connectivity index (χ1v) is 8.68.